The van der Waals surface area contributed by atoms with Crippen molar-refractivity contribution in [2.45, 2.75) is 92.1 Å². The van der Waals surface area contributed by atoms with Gasteiger partial charge in [0.05, 0.1) is 39.1 Å². The minimum Gasteiger partial charge on any atom is -0.571 e. The average Bonchev–Trinajstić information content (AvgIpc) is 3.45. The first-order chi connectivity index (χ1) is 37.3. The van der Waals surface area contributed by atoms with Crippen LogP contribution in [0.1, 0.15) is 28.4 Å². The fourth-order valence-corrected chi connectivity index (χ4v) is 8.60. The molecule has 4 aromatic rings. The van der Waals surface area contributed by atoms with E-state index < -0.39 is 141 Å². The molecule has 4 heterocycles. The van der Waals surface area contributed by atoms with Gasteiger partial charge in [-0.3, -0.25) is 0 Å². The van der Waals surface area contributed by atoms with Crippen LogP contribution >= 0.6 is 0 Å². The molecule has 26 heteroatoms. The van der Waals surface area contributed by atoms with Crippen molar-refractivity contribution in [2.24, 2.45) is 0 Å². The van der Waals surface area contributed by atoms with Crippen molar-refractivity contribution in [3.05, 3.63) is 107 Å². The zero-order chi connectivity index (χ0) is 56.1. The van der Waals surface area contributed by atoms with Crippen LogP contribution in [0.3, 0.4) is 0 Å². The largest absolute Gasteiger partial charge is 0.571 e. The second kappa shape index (κ2) is 24.5. The minimum atomic E-state index is -2.10. The third-order valence-corrected chi connectivity index (χ3v) is 12.8. The van der Waals surface area contributed by atoms with Gasteiger partial charge in [0, 0.05) is 24.3 Å². The van der Waals surface area contributed by atoms with Gasteiger partial charge in [0.1, 0.15) is 84.4 Å². The molecule has 420 valence electrons. The van der Waals surface area contributed by atoms with Crippen LogP contribution in [-0.2, 0) is 42.7 Å². The number of benzene rings is 4. The number of methoxy groups -OCH3 is 2. The zero-order valence-electron chi connectivity index (χ0n) is 41.2. The molecule has 3 fully saturated rings. The third kappa shape index (κ3) is 12.6. The molecular weight excluding hydrogens is 1040 g/mol. The Morgan fingerprint density at radius 1 is 0.641 bits per heavy atom. The fourth-order valence-electron chi connectivity index (χ4n) is 8.60. The summed E-state index contributed by atoms with van der Waals surface area (Å²) < 4.78 is 62.1. The Balaban J connectivity index is 1.14. The summed E-state index contributed by atoms with van der Waals surface area (Å²) in [7, 11) is 2.58. The van der Waals surface area contributed by atoms with Crippen LogP contribution in [0.25, 0.3) is 18.2 Å². The molecule has 4 aliphatic heterocycles. The first-order valence-corrected chi connectivity index (χ1v) is 23.8. The highest BCUT2D eigenvalue weighted by atomic mass is 16.8. The first-order valence-electron chi connectivity index (χ1n) is 23.8. The van der Waals surface area contributed by atoms with E-state index in [-0.39, 0.29) is 56.9 Å². The van der Waals surface area contributed by atoms with Crippen LogP contribution < -0.4 is 14.2 Å². The number of hydrogen-bond donors (Lipinski definition) is 13. The van der Waals surface area contributed by atoms with Crippen molar-refractivity contribution in [1.82, 2.24) is 0 Å². The smallest absolute Gasteiger partial charge is 0.331 e. The van der Waals surface area contributed by atoms with E-state index in [0.717, 1.165) is 30.4 Å². The van der Waals surface area contributed by atoms with Crippen LogP contribution in [0.15, 0.2) is 84.6 Å². The van der Waals surface area contributed by atoms with Crippen LogP contribution in [0.2, 0.25) is 0 Å². The number of phenolic OH excluding ortho intramolecular Hbond substituents is 5. The number of hydrogen-bond acceptors (Lipinski definition) is 25. The van der Waals surface area contributed by atoms with E-state index in [2.05, 4.69) is 0 Å². The molecule has 3 saturated heterocycles. The summed E-state index contributed by atoms with van der Waals surface area (Å²) in [6, 6.07) is 14.4. The van der Waals surface area contributed by atoms with E-state index in [1.807, 2.05) is 0 Å². The summed E-state index contributed by atoms with van der Waals surface area (Å²) in [6.45, 7) is -2.19. The molecule has 0 aliphatic carbocycles. The van der Waals surface area contributed by atoms with Crippen LogP contribution in [0, 0.1) is 0 Å². The summed E-state index contributed by atoms with van der Waals surface area (Å²) in [5, 5.41) is 139. The molecular formula is C52H57O26+. The lowest BCUT2D eigenvalue weighted by molar-refractivity contribution is -0.353. The fraction of sp³-hybridized carbons (Fsp3) is 0.385. The van der Waals surface area contributed by atoms with Crippen LogP contribution in [-0.4, -0.2) is 203 Å². The van der Waals surface area contributed by atoms with Gasteiger partial charge in [-0.15, -0.1) is 0 Å². The van der Waals surface area contributed by atoms with E-state index in [1.165, 1.54) is 81.0 Å². The van der Waals surface area contributed by atoms with Gasteiger partial charge in [-0.25, -0.2) is 9.59 Å². The van der Waals surface area contributed by atoms with E-state index >= 15 is 0 Å². The molecule has 14 N–H and O–H groups in total. The predicted octanol–water partition coefficient (Wildman–Crippen LogP) is -0.444. The van der Waals surface area contributed by atoms with Gasteiger partial charge in [-0.2, -0.15) is 0 Å². The Morgan fingerprint density at radius 3 is 1.99 bits per heavy atom. The quantitative estimate of drug-likeness (QED) is 0.0276. The predicted molar refractivity (Wildman–Crippen MR) is 261 cm³/mol. The van der Waals surface area contributed by atoms with E-state index in [9.17, 15) is 76.0 Å². The number of phenols is 5. The molecule has 78 heavy (non-hydrogen) atoms. The molecule has 0 spiro atoms. The maximum Gasteiger partial charge on any atom is 0.331 e. The SMILES string of the molecule is COc1cc(/C=C/C(=O)O[C@@H]2[C@H](O[C@@H]3[C@H](OC4=Cc5c(O[C@@H]6O[C@H](CO)[C@@H](O)[C@@H](O)[C@@H]6O)cc(O)cc5[OH+]C4c4ccc(O)c(O)c4)O[C@H](COC(=O)/C=C/c4ccc(O)cc4)[C@@H](O)[C@@H]3O)OC[C@H](O)[C@@H]2O)cc(OC)c1O. The first kappa shape index (κ1) is 56.8. The van der Waals surface area contributed by atoms with Crippen LogP contribution in [0.5, 0.6) is 51.7 Å². The van der Waals surface area contributed by atoms with Gasteiger partial charge >= 0.3 is 11.9 Å². The molecule has 8 rings (SSSR count). The Morgan fingerprint density at radius 2 is 1.31 bits per heavy atom. The van der Waals surface area contributed by atoms with Gasteiger partial charge in [-0.1, -0.05) is 12.1 Å². The lowest BCUT2D eigenvalue weighted by Crippen LogP contribution is -2.63. The lowest BCUT2D eigenvalue weighted by Gasteiger charge is -2.45. The molecule has 4 aliphatic rings. The number of fused-ring (bicyclic) bond motifs is 1. The van der Waals surface area contributed by atoms with Gasteiger partial charge in [0.15, 0.2) is 47.3 Å². The molecule has 26 nitrogen and oxygen atoms in total. The highest BCUT2D eigenvalue weighted by Gasteiger charge is 2.53. The van der Waals surface area contributed by atoms with Gasteiger partial charge in [0.2, 0.25) is 18.3 Å². The molecule has 0 saturated carbocycles. The van der Waals surface area contributed by atoms with Crippen molar-refractivity contribution < 1.29 is 128 Å². The molecule has 0 amide bonds. The number of aromatic hydroxyl groups is 6. The molecule has 0 radical (unpaired) electrons. The third-order valence-electron chi connectivity index (χ3n) is 12.8. The molecule has 0 bridgehead atoms. The number of aliphatic hydroxyl groups excluding tert-OH is 8. The normalized spacial score (nSPS) is 29.9. The summed E-state index contributed by atoms with van der Waals surface area (Å²) in [6.07, 6.45) is -21.3. The van der Waals surface area contributed by atoms with E-state index in [0.29, 0.717) is 5.56 Å². The standard InChI is InChI=1S/C52H56O26/c1-68-33-13-23(14-34(69-2)41(33)62)6-12-39(60)77-48-40(61)30(58)20-71-51(48)78-49-45(66)43(64)37(21-70-38(59)11-5-22-3-8-25(54)9-4-22)76-52(49)74-35-18-27-31(72-47(35)24-7-10-28(56)29(57)15-24)16-26(55)17-32(27)73-50-46(67)44(65)42(63)36(19-53)75-50/h3-18,30,36-37,40,42-58,61-67H,19-21H2,1-2H3/p+1/b11-5+,12-6+/t30-,36+,37+,40-,42+,43+,44+,45-,46-,47?,48-,49-,50+,51-,52+/m0/s1. The highest BCUT2D eigenvalue weighted by Crippen LogP contribution is 2.48. The molecule has 0 aromatic heterocycles. The van der Waals surface area contributed by atoms with E-state index in [1.54, 1.807) is 0 Å². The minimum absolute atomic E-state index is 0.000634. The summed E-state index contributed by atoms with van der Waals surface area (Å²) in [4.78, 5) is 26.4. The van der Waals surface area contributed by atoms with Gasteiger partial charge < -0.3 is 118 Å². The van der Waals surface area contributed by atoms with Crippen molar-refractivity contribution >= 4 is 30.2 Å². The summed E-state index contributed by atoms with van der Waals surface area (Å²) in [5.41, 5.74) is 0.868. The maximum atomic E-state index is 13.4. The summed E-state index contributed by atoms with van der Waals surface area (Å²) >= 11 is 0. The second-order valence-corrected chi connectivity index (χ2v) is 18.1. The lowest BCUT2D eigenvalue weighted by atomic mass is 9.97. The maximum absolute atomic E-state index is 13.4. The molecule has 4 aromatic carbocycles. The number of esters is 2. The monoisotopic (exact) mass is 1100 g/mol. The molecule has 1 unspecified atom stereocenters. The van der Waals surface area contributed by atoms with Crippen molar-refractivity contribution in [1.29, 1.82) is 0 Å². The Labute approximate surface area is 442 Å². The van der Waals surface area contributed by atoms with Gasteiger partial charge in [0.25, 0.3) is 11.9 Å². The highest BCUT2D eigenvalue weighted by molar-refractivity contribution is 5.88. The topological polar surface area (TPSA) is 402 Å². The van der Waals surface area contributed by atoms with E-state index in [4.69, 9.17) is 52.1 Å². The average molecular weight is 1100 g/mol. The van der Waals surface area contributed by atoms with Crippen LogP contribution in [0.4, 0.5) is 0 Å². The Kier molecular flexibility index (Phi) is 17.8. The van der Waals surface area contributed by atoms with Crippen molar-refractivity contribution in [3.8, 4) is 51.7 Å². The number of ether oxygens (including phenoxy) is 11. The molecule has 15 atom stereocenters. The summed E-state index contributed by atoms with van der Waals surface area (Å²) in [5.74, 6) is -4.62. The number of rotatable bonds is 17. The van der Waals surface area contributed by atoms with Gasteiger partial charge in [-0.05, 0) is 65.7 Å². The number of aliphatic hydroxyl groups is 9. The Hall–Kier alpha value is -7.44. The number of carbonyl (C=O) groups excluding carboxylic acids is 2. The zero-order valence-corrected chi connectivity index (χ0v) is 41.2. The Bertz CT molecular complexity index is 2830. The second-order valence-electron chi connectivity index (χ2n) is 18.1. The number of carbonyl (C=O) groups is 2. The van der Waals surface area contributed by atoms with Crippen molar-refractivity contribution in [3.63, 3.8) is 0 Å². The van der Waals surface area contributed by atoms with Crippen molar-refractivity contribution in [2.75, 3.05) is 34.0 Å².